The predicted molar refractivity (Wildman–Crippen MR) is 90.9 cm³/mol. The van der Waals surface area contributed by atoms with Crippen molar-refractivity contribution < 1.29 is 22.7 Å². The molecule has 0 atom stereocenters. The number of benzene rings is 2. The minimum atomic E-state index is -3.72. The fourth-order valence-electron chi connectivity index (χ4n) is 1.88. The SMILES string of the molecule is CCOC(=O)Nc1ccc(S(=O)(=O)Nc2ccc(OC)cc2)cc1. The number of ether oxygens (including phenoxy) is 2. The van der Waals surface area contributed by atoms with Gasteiger partial charge in [0.15, 0.2) is 0 Å². The third-order valence-corrected chi connectivity index (χ3v) is 4.43. The second kappa shape index (κ2) is 7.69. The summed E-state index contributed by atoms with van der Waals surface area (Å²) in [6.45, 7) is 1.95. The molecule has 0 unspecified atom stereocenters. The first-order valence-corrected chi connectivity index (χ1v) is 8.63. The third kappa shape index (κ3) is 4.63. The van der Waals surface area contributed by atoms with Crippen LogP contribution in [-0.4, -0.2) is 28.2 Å². The zero-order valence-corrected chi connectivity index (χ0v) is 14.1. The van der Waals surface area contributed by atoms with Crippen LogP contribution in [0.15, 0.2) is 53.4 Å². The first kappa shape index (κ1) is 17.6. The van der Waals surface area contributed by atoms with E-state index in [1.165, 1.54) is 31.4 Å². The maximum Gasteiger partial charge on any atom is 0.411 e. The van der Waals surface area contributed by atoms with Crippen LogP contribution in [-0.2, 0) is 14.8 Å². The van der Waals surface area contributed by atoms with Crippen molar-refractivity contribution in [3.8, 4) is 5.75 Å². The second-order valence-electron chi connectivity index (χ2n) is 4.70. The summed E-state index contributed by atoms with van der Waals surface area (Å²) in [6, 6.07) is 12.3. The Morgan fingerprint density at radius 3 is 2.12 bits per heavy atom. The second-order valence-corrected chi connectivity index (χ2v) is 6.39. The molecule has 2 aromatic carbocycles. The van der Waals surface area contributed by atoms with Gasteiger partial charge in [-0.15, -0.1) is 0 Å². The number of carbonyl (C=O) groups is 1. The molecular weight excluding hydrogens is 332 g/mol. The largest absolute Gasteiger partial charge is 0.497 e. The molecule has 0 fully saturated rings. The molecule has 0 bridgehead atoms. The highest BCUT2D eigenvalue weighted by molar-refractivity contribution is 7.92. The minimum Gasteiger partial charge on any atom is -0.497 e. The Bertz CT molecular complexity index is 786. The molecule has 0 heterocycles. The maximum absolute atomic E-state index is 12.3. The Hall–Kier alpha value is -2.74. The Labute approximate surface area is 140 Å². The standard InChI is InChI=1S/C16H18N2O5S/c1-3-23-16(19)17-12-6-10-15(11-7-12)24(20,21)18-13-4-8-14(22-2)9-5-13/h4-11,18H,3H2,1-2H3,(H,17,19). The fraction of sp³-hybridized carbons (Fsp3) is 0.188. The topological polar surface area (TPSA) is 93.7 Å². The summed E-state index contributed by atoms with van der Waals surface area (Å²) in [6.07, 6.45) is -0.593. The van der Waals surface area contributed by atoms with E-state index in [2.05, 4.69) is 10.0 Å². The molecule has 1 amide bonds. The smallest absolute Gasteiger partial charge is 0.411 e. The van der Waals surface area contributed by atoms with E-state index < -0.39 is 16.1 Å². The number of nitrogens with one attached hydrogen (secondary N) is 2. The van der Waals surface area contributed by atoms with Crippen molar-refractivity contribution >= 4 is 27.5 Å². The van der Waals surface area contributed by atoms with Gasteiger partial charge in [-0.05, 0) is 55.5 Å². The molecule has 8 heteroatoms. The molecule has 7 nitrogen and oxygen atoms in total. The number of sulfonamides is 1. The molecule has 0 spiro atoms. The summed E-state index contributed by atoms with van der Waals surface area (Å²) in [5.74, 6) is 0.632. The summed E-state index contributed by atoms with van der Waals surface area (Å²) in [7, 11) is -2.19. The normalized spacial score (nSPS) is 10.8. The highest BCUT2D eigenvalue weighted by Gasteiger charge is 2.14. The van der Waals surface area contributed by atoms with Gasteiger partial charge < -0.3 is 9.47 Å². The van der Waals surface area contributed by atoms with E-state index in [0.29, 0.717) is 17.1 Å². The molecule has 0 aliphatic carbocycles. The van der Waals surface area contributed by atoms with Gasteiger partial charge in [0.2, 0.25) is 0 Å². The maximum atomic E-state index is 12.3. The average Bonchev–Trinajstić information content (AvgIpc) is 2.56. The Kier molecular flexibility index (Phi) is 5.64. The van der Waals surface area contributed by atoms with Crippen molar-refractivity contribution in [2.24, 2.45) is 0 Å². The first-order chi connectivity index (χ1) is 11.4. The fourth-order valence-corrected chi connectivity index (χ4v) is 2.93. The quantitative estimate of drug-likeness (QED) is 0.835. The monoisotopic (exact) mass is 350 g/mol. The number of carbonyl (C=O) groups excluding carboxylic acids is 1. The zero-order valence-electron chi connectivity index (χ0n) is 13.3. The summed E-state index contributed by atoms with van der Waals surface area (Å²) < 4.78 is 36.9. The van der Waals surface area contributed by atoms with Gasteiger partial charge >= 0.3 is 6.09 Å². The van der Waals surface area contributed by atoms with Crippen molar-refractivity contribution in [3.63, 3.8) is 0 Å². The summed E-state index contributed by atoms with van der Waals surface area (Å²) in [4.78, 5) is 11.4. The lowest BCUT2D eigenvalue weighted by Gasteiger charge is -2.10. The molecule has 0 aliphatic rings. The Morgan fingerprint density at radius 2 is 1.58 bits per heavy atom. The van der Waals surface area contributed by atoms with Gasteiger partial charge in [0.25, 0.3) is 10.0 Å². The predicted octanol–water partition coefficient (Wildman–Crippen LogP) is 3.06. The molecule has 0 aromatic heterocycles. The molecule has 0 aliphatic heterocycles. The minimum absolute atomic E-state index is 0.0766. The van der Waals surface area contributed by atoms with Crippen LogP contribution in [0.1, 0.15) is 6.92 Å². The lowest BCUT2D eigenvalue weighted by molar-refractivity contribution is 0.168. The number of rotatable bonds is 6. The lowest BCUT2D eigenvalue weighted by Crippen LogP contribution is -2.14. The molecule has 0 radical (unpaired) electrons. The molecule has 2 N–H and O–H groups in total. The van der Waals surface area contributed by atoms with Crippen LogP contribution in [0.3, 0.4) is 0 Å². The summed E-state index contributed by atoms with van der Waals surface area (Å²) in [5.41, 5.74) is 0.862. The third-order valence-electron chi connectivity index (χ3n) is 3.03. The van der Waals surface area contributed by atoms with E-state index >= 15 is 0 Å². The molecule has 2 rings (SSSR count). The van der Waals surface area contributed by atoms with Gasteiger partial charge in [-0.1, -0.05) is 0 Å². The number of hydrogen-bond acceptors (Lipinski definition) is 5. The average molecular weight is 350 g/mol. The van der Waals surface area contributed by atoms with Crippen LogP contribution >= 0.6 is 0 Å². The van der Waals surface area contributed by atoms with Crippen LogP contribution in [0.4, 0.5) is 16.2 Å². The lowest BCUT2D eigenvalue weighted by atomic mass is 10.3. The summed E-state index contributed by atoms with van der Waals surface area (Å²) in [5, 5.41) is 2.49. The first-order valence-electron chi connectivity index (χ1n) is 7.15. The number of anilines is 2. The van der Waals surface area contributed by atoms with E-state index in [-0.39, 0.29) is 11.5 Å². The van der Waals surface area contributed by atoms with Crippen LogP contribution in [0.5, 0.6) is 5.75 Å². The van der Waals surface area contributed by atoms with Crippen LogP contribution in [0.2, 0.25) is 0 Å². The number of methoxy groups -OCH3 is 1. The van der Waals surface area contributed by atoms with E-state index in [0.717, 1.165) is 0 Å². The van der Waals surface area contributed by atoms with E-state index in [9.17, 15) is 13.2 Å². The van der Waals surface area contributed by atoms with Gasteiger partial charge in [-0.2, -0.15) is 0 Å². The van der Waals surface area contributed by atoms with Gasteiger partial charge in [0.1, 0.15) is 5.75 Å². The Morgan fingerprint density at radius 1 is 1.00 bits per heavy atom. The van der Waals surface area contributed by atoms with Crippen LogP contribution in [0, 0.1) is 0 Å². The molecule has 2 aromatic rings. The van der Waals surface area contributed by atoms with Crippen LogP contribution < -0.4 is 14.8 Å². The van der Waals surface area contributed by atoms with Gasteiger partial charge in [0.05, 0.1) is 18.6 Å². The van der Waals surface area contributed by atoms with Gasteiger partial charge in [0, 0.05) is 11.4 Å². The van der Waals surface area contributed by atoms with E-state index in [1.54, 1.807) is 31.2 Å². The highest BCUT2D eigenvalue weighted by atomic mass is 32.2. The highest BCUT2D eigenvalue weighted by Crippen LogP contribution is 2.20. The van der Waals surface area contributed by atoms with Crippen molar-refractivity contribution in [2.45, 2.75) is 11.8 Å². The Balaban J connectivity index is 2.09. The molecule has 0 saturated carbocycles. The van der Waals surface area contributed by atoms with Crippen molar-refractivity contribution in [1.82, 2.24) is 0 Å². The van der Waals surface area contributed by atoms with Crippen molar-refractivity contribution in [1.29, 1.82) is 0 Å². The molecule has 24 heavy (non-hydrogen) atoms. The van der Waals surface area contributed by atoms with Gasteiger partial charge in [-0.3, -0.25) is 10.0 Å². The summed E-state index contributed by atoms with van der Waals surface area (Å²) >= 11 is 0. The van der Waals surface area contributed by atoms with E-state index in [1.807, 2.05) is 0 Å². The van der Waals surface area contributed by atoms with Crippen molar-refractivity contribution in [3.05, 3.63) is 48.5 Å². The molecular formula is C16H18N2O5S. The van der Waals surface area contributed by atoms with Crippen LogP contribution in [0.25, 0.3) is 0 Å². The number of amides is 1. The van der Waals surface area contributed by atoms with Crippen molar-refractivity contribution in [2.75, 3.05) is 23.8 Å². The van der Waals surface area contributed by atoms with Gasteiger partial charge in [-0.25, -0.2) is 13.2 Å². The molecule has 0 saturated heterocycles. The van der Waals surface area contributed by atoms with E-state index in [4.69, 9.17) is 9.47 Å². The zero-order chi connectivity index (χ0) is 17.6. The number of hydrogen-bond donors (Lipinski definition) is 2. The molecule has 128 valence electrons.